The van der Waals surface area contributed by atoms with Gasteiger partial charge in [0.15, 0.2) is 0 Å². The lowest BCUT2D eigenvalue weighted by Gasteiger charge is -2.28. The smallest absolute Gasteiger partial charge is 0.256 e. The zero-order chi connectivity index (χ0) is 15.4. The molecule has 5 nitrogen and oxygen atoms in total. The van der Waals surface area contributed by atoms with Crippen molar-refractivity contribution in [1.29, 1.82) is 0 Å². The number of hydrogen-bond acceptors (Lipinski definition) is 4. The van der Waals surface area contributed by atoms with E-state index in [-0.39, 0.29) is 5.91 Å². The number of pyridine rings is 1. The van der Waals surface area contributed by atoms with Crippen molar-refractivity contribution in [3.8, 4) is 0 Å². The van der Waals surface area contributed by atoms with Crippen molar-refractivity contribution in [3.63, 3.8) is 0 Å². The molecular weight excluding hydrogens is 346 g/mol. The number of anilines is 2. The van der Waals surface area contributed by atoms with Gasteiger partial charge in [0.2, 0.25) is 0 Å². The molecule has 2 aromatic rings. The van der Waals surface area contributed by atoms with Gasteiger partial charge < -0.3 is 15.0 Å². The highest BCUT2D eigenvalue weighted by molar-refractivity contribution is 9.10. The summed E-state index contributed by atoms with van der Waals surface area (Å²) in [4.78, 5) is 18.7. The summed E-state index contributed by atoms with van der Waals surface area (Å²) >= 11 is 3.35. The summed E-state index contributed by atoms with van der Waals surface area (Å²) in [6.45, 7) is 3.21. The van der Waals surface area contributed by atoms with Gasteiger partial charge in [-0.25, -0.2) is 4.98 Å². The van der Waals surface area contributed by atoms with Crippen LogP contribution in [0.4, 0.5) is 11.5 Å². The van der Waals surface area contributed by atoms with Gasteiger partial charge in [-0.3, -0.25) is 4.79 Å². The number of ether oxygens (including phenoxy) is 1. The first-order valence-corrected chi connectivity index (χ1v) is 7.87. The summed E-state index contributed by atoms with van der Waals surface area (Å²) in [6, 6.07) is 11.0. The van der Waals surface area contributed by atoms with Crippen molar-refractivity contribution in [1.82, 2.24) is 4.98 Å². The maximum absolute atomic E-state index is 12.1. The lowest BCUT2D eigenvalue weighted by molar-refractivity contribution is 0.102. The van der Waals surface area contributed by atoms with Crippen molar-refractivity contribution in [3.05, 3.63) is 52.6 Å². The van der Waals surface area contributed by atoms with Crippen molar-refractivity contribution in [2.45, 2.75) is 0 Å². The zero-order valence-corrected chi connectivity index (χ0v) is 13.5. The lowest BCUT2D eigenvalue weighted by Crippen LogP contribution is -2.36. The van der Waals surface area contributed by atoms with E-state index >= 15 is 0 Å². The fourth-order valence-corrected chi connectivity index (χ4v) is 2.52. The first-order valence-electron chi connectivity index (χ1n) is 7.08. The normalized spacial score (nSPS) is 14.7. The molecule has 1 aromatic carbocycles. The van der Waals surface area contributed by atoms with E-state index in [1.54, 1.807) is 18.3 Å². The maximum Gasteiger partial charge on any atom is 0.256 e. The molecule has 1 aliphatic heterocycles. The van der Waals surface area contributed by atoms with E-state index in [1.807, 2.05) is 24.3 Å². The maximum atomic E-state index is 12.1. The third kappa shape index (κ3) is 3.64. The number of carbonyl (C=O) groups excluding carboxylic acids is 1. The van der Waals surface area contributed by atoms with Gasteiger partial charge in [0.25, 0.3) is 5.91 Å². The van der Waals surface area contributed by atoms with Gasteiger partial charge in [-0.15, -0.1) is 0 Å². The zero-order valence-electron chi connectivity index (χ0n) is 12.0. The number of halogens is 1. The highest BCUT2D eigenvalue weighted by atomic mass is 79.9. The van der Waals surface area contributed by atoms with Gasteiger partial charge in [0.1, 0.15) is 5.82 Å². The number of morpholine rings is 1. The Labute approximate surface area is 137 Å². The number of rotatable bonds is 3. The number of benzene rings is 1. The van der Waals surface area contributed by atoms with Crippen LogP contribution in [0, 0.1) is 0 Å². The highest BCUT2D eigenvalue weighted by Gasteiger charge is 2.12. The molecule has 0 atom stereocenters. The van der Waals surface area contributed by atoms with E-state index in [4.69, 9.17) is 4.74 Å². The lowest BCUT2D eigenvalue weighted by atomic mass is 10.2. The second-order valence-corrected chi connectivity index (χ2v) is 5.88. The van der Waals surface area contributed by atoms with E-state index in [1.165, 1.54) is 0 Å². The van der Waals surface area contributed by atoms with E-state index in [0.717, 1.165) is 36.5 Å². The molecule has 1 fully saturated rings. The quantitative estimate of drug-likeness (QED) is 0.912. The number of nitrogens with one attached hydrogen (secondary N) is 1. The molecule has 0 aliphatic carbocycles. The Kier molecular flexibility index (Phi) is 4.70. The molecule has 1 saturated heterocycles. The summed E-state index contributed by atoms with van der Waals surface area (Å²) in [7, 11) is 0. The largest absolute Gasteiger partial charge is 0.378 e. The Balaban J connectivity index is 1.65. The van der Waals surface area contributed by atoms with Gasteiger partial charge in [-0.2, -0.15) is 0 Å². The third-order valence-corrected chi connectivity index (χ3v) is 4.00. The Morgan fingerprint density at radius 2 is 1.86 bits per heavy atom. The molecule has 3 rings (SSSR count). The average Bonchev–Trinajstić information content (AvgIpc) is 2.57. The van der Waals surface area contributed by atoms with E-state index in [9.17, 15) is 4.79 Å². The van der Waals surface area contributed by atoms with Crippen molar-refractivity contribution in [2.75, 3.05) is 36.5 Å². The minimum Gasteiger partial charge on any atom is -0.378 e. The van der Waals surface area contributed by atoms with Crippen molar-refractivity contribution in [2.24, 2.45) is 0 Å². The second-order valence-electron chi connectivity index (χ2n) is 4.96. The first kappa shape index (κ1) is 15.0. The number of nitrogens with zero attached hydrogens (tertiary/aromatic N) is 2. The Bertz CT molecular complexity index is 637. The summed E-state index contributed by atoms with van der Waals surface area (Å²) in [6.07, 6.45) is 1.78. The molecule has 114 valence electrons. The molecule has 1 aliphatic rings. The van der Waals surface area contributed by atoms with E-state index in [2.05, 4.69) is 31.1 Å². The van der Waals surface area contributed by atoms with Crippen LogP contribution in [0.3, 0.4) is 0 Å². The minimum absolute atomic E-state index is 0.167. The number of amides is 1. The molecule has 6 heteroatoms. The van der Waals surface area contributed by atoms with Gasteiger partial charge in [0, 0.05) is 23.1 Å². The molecule has 1 N–H and O–H groups in total. The third-order valence-electron chi connectivity index (χ3n) is 3.47. The summed E-state index contributed by atoms with van der Waals surface area (Å²) in [5, 5.41) is 2.80. The Morgan fingerprint density at radius 1 is 1.14 bits per heavy atom. The van der Waals surface area contributed by atoms with E-state index < -0.39 is 0 Å². The van der Waals surface area contributed by atoms with Crippen LogP contribution in [0.1, 0.15) is 10.4 Å². The first-order chi connectivity index (χ1) is 10.7. The molecule has 0 radical (unpaired) electrons. The topological polar surface area (TPSA) is 54.5 Å². The van der Waals surface area contributed by atoms with Gasteiger partial charge in [-0.1, -0.05) is 15.9 Å². The predicted molar refractivity (Wildman–Crippen MR) is 89.4 cm³/mol. The standard InChI is InChI=1S/C16H16BrN3O2/c17-13-3-1-12(2-4-13)16(21)19-15-6-5-14(11-18-15)20-7-9-22-10-8-20/h1-6,11H,7-10H2,(H,18,19,21). The van der Waals surface area contributed by atoms with Crippen LogP contribution in [-0.2, 0) is 4.74 Å². The van der Waals surface area contributed by atoms with Crippen molar-refractivity contribution >= 4 is 33.3 Å². The highest BCUT2D eigenvalue weighted by Crippen LogP contribution is 2.17. The molecule has 2 heterocycles. The number of carbonyl (C=O) groups is 1. The molecule has 22 heavy (non-hydrogen) atoms. The number of hydrogen-bond donors (Lipinski definition) is 1. The van der Waals surface area contributed by atoms with Crippen LogP contribution >= 0.6 is 15.9 Å². The minimum atomic E-state index is -0.167. The molecule has 0 unspecified atom stereocenters. The molecule has 0 saturated carbocycles. The predicted octanol–water partition coefficient (Wildman–Crippen LogP) is 2.93. The number of aromatic nitrogens is 1. The van der Waals surface area contributed by atoms with Crippen LogP contribution in [-0.4, -0.2) is 37.2 Å². The molecule has 0 bridgehead atoms. The van der Waals surface area contributed by atoms with Crippen LogP contribution < -0.4 is 10.2 Å². The van der Waals surface area contributed by atoms with Gasteiger partial charge in [0.05, 0.1) is 25.1 Å². The van der Waals surface area contributed by atoms with Gasteiger partial charge >= 0.3 is 0 Å². The summed E-state index contributed by atoms with van der Waals surface area (Å²) < 4.78 is 6.27. The summed E-state index contributed by atoms with van der Waals surface area (Å²) in [5.41, 5.74) is 1.65. The Hall–Kier alpha value is -1.92. The molecule has 0 spiro atoms. The van der Waals surface area contributed by atoms with Crippen LogP contribution in [0.25, 0.3) is 0 Å². The average molecular weight is 362 g/mol. The van der Waals surface area contributed by atoms with Crippen LogP contribution in [0.5, 0.6) is 0 Å². The van der Waals surface area contributed by atoms with Crippen LogP contribution in [0.2, 0.25) is 0 Å². The second kappa shape index (κ2) is 6.89. The molecular formula is C16H16BrN3O2. The van der Waals surface area contributed by atoms with Crippen LogP contribution in [0.15, 0.2) is 47.1 Å². The molecule has 1 amide bonds. The molecule has 1 aromatic heterocycles. The summed E-state index contributed by atoms with van der Waals surface area (Å²) in [5.74, 6) is 0.379. The van der Waals surface area contributed by atoms with Crippen molar-refractivity contribution < 1.29 is 9.53 Å². The fourth-order valence-electron chi connectivity index (χ4n) is 2.26. The Morgan fingerprint density at radius 3 is 2.50 bits per heavy atom. The monoisotopic (exact) mass is 361 g/mol. The van der Waals surface area contributed by atoms with E-state index in [0.29, 0.717) is 11.4 Å². The fraction of sp³-hybridized carbons (Fsp3) is 0.250. The van der Waals surface area contributed by atoms with Gasteiger partial charge in [-0.05, 0) is 36.4 Å². The SMILES string of the molecule is O=C(Nc1ccc(N2CCOCC2)cn1)c1ccc(Br)cc1.